The van der Waals surface area contributed by atoms with Crippen molar-refractivity contribution >= 4 is 17.6 Å². The lowest BCUT2D eigenvalue weighted by atomic mass is 10.2. The first-order valence-electron chi connectivity index (χ1n) is 3.84. The third-order valence-corrected chi connectivity index (χ3v) is 5.21. The van der Waals surface area contributed by atoms with Crippen LogP contribution in [0.25, 0.3) is 0 Å². The summed E-state index contributed by atoms with van der Waals surface area (Å²) in [6, 6.07) is 7.15. The molecule has 1 aromatic carbocycles. The van der Waals surface area contributed by atoms with Crippen LogP contribution in [0.3, 0.4) is 0 Å². The lowest BCUT2D eigenvalue weighted by Gasteiger charge is -2.16. The Labute approximate surface area is 86.9 Å². The number of benzene rings is 1. The summed E-state index contributed by atoms with van der Waals surface area (Å²) in [6.45, 7) is 0. The van der Waals surface area contributed by atoms with E-state index in [0.717, 1.165) is 0 Å². The minimum atomic E-state index is -4.83. The molecule has 0 radical (unpaired) electrons. The highest BCUT2D eigenvalue weighted by Crippen LogP contribution is 2.53. The van der Waals surface area contributed by atoms with Gasteiger partial charge in [0.1, 0.15) is 0 Å². The normalized spacial score (nSPS) is 14.9. The van der Waals surface area contributed by atoms with Crippen molar-refractivity contribution in [2.45, 2.75) is 4.99 Å². The van der Waals surface area contributed by atoms with Gasteiger partial charge in [-0.1, -0.05) is 30.3 Å². The standard InChI is InChI=1S/C7H10NO5PS/c8-15(12,13)7(14(9,10)11)6-4-2-1-3-5-6/h1-5,7H,(H2,8,12,13)(H2,9,10,11). The van der Waals surface area contributed by atoms with E-state index >= 15 is 0 Å². The number of hydrogen-bond acceptors (Lipinski definition) is 3. The first-order chi connectivity index (χ1) is 6.73. The average Bonchev–Trinajstić information content (AvgIpc) is 2.00. The molecule has 1 rings (SSSR count). The predicted octanol–water partition coefficient (Wildman–Crippen LogP) is 0.151. The highest BCUT2D eigenvalue weighted by molar-refractivity contribution is 7.95. The second-order valence-corrected chi connectivity index (χ2v) is 6.63. The molecule has 0 aliphatic heterocycles. The highest BCUT2D eigenvalue weighted by Gasteiger charge is 2.39. The van der Waals surface area contributed by atoms with Gasteiger partial charge in [-0.3, -0.25) is 4.57 Å². The maximum absolute atomic E-state index is 11.1. The van der Waals surface area contributed by atoms with E-state index in [1.54, 1.807) is 6.07 Å². The Kier molecular flexibility index (Phi) is 3.32. The highest BCUT2D eigenvalue weighted by atomic mass is 32.2. The quantitative estimate of drug-likeness (QED) is 0.661. The van der Waals surface area contributed by atoms with E-state index in [4.69, 9.17) is 14.9 Å². The fourth-order valence-corrected chi connectivity index (χ4v) is 3.82. The lowest BCUT2D eigenvalue weighted by molar-refractivity contribution is 0.368. The van der Waals surface area contributed by atoms with Gasteiger partial charge < -0.3 is 9.79 Å². The van der Waals surface area contributed by atoms with E-state index in [9.17, 15) is 13.0 Å². The van der Waals surface area contributed by atoms with E-state index in [0.29, 0.717) is 0 Å². The second-order valence-electron chi connectivity index (χ2n) is 2.94. The summed E-state index contributed by atoms with van der Waals surface area (Å²) in [4.78, 5) is 15.8. The minimum absolute atomic E-state index is 0.0201. The van der Waals surface area contributed by atoms with Crippen molar-refractivity contribution in [1.82, 2.24) is 0 Å². The molecule has 6 nitrogen and oxygen atoms in total. The van der Waals surface area contributed by atoms with Gasteiger partial charge in [-0.05, 0) is 5.56 Å². The Morgan fingerprint density at radius 2 is 1.67 bits per heavy atom. The molecule has 1 unspecified atom stereocenters. The van der Waals surface area contributed by atoms with Crippen LogP contribution in [0.2, 0.25) is 0 Å². The van der Waals surface area contributed by atoms with Gasteiger partial charge in [0.25, 0.3) is 0 Å². The molecule has 8 heteroatoms. The van der Waals surface area contributed by atoms with E-state index < -0.39 is 22.6 Å². The number of nitrogens with two attached hydrogens (primary N) is 1. The molecule has 0 fully saturated rings. The first kappa shape index (κ1) is 12.4. The van der Waals surface area contributed by atoms with Crippen LogP contribution in [0, 0.1) is 0 Å². The molecule has 1 atom stereocenters. The van der Waals surface area contributed by atoms with Crippen molar-refractivity contribution in [2.75, 3.05) is 0 Å². The molecule has 0 spiro atoms. The monoisotopic (exact) mass is 251 g/mol. The van der Waals surface area contributed by atoms with Crippen molar-refractivity contribution in [3.05, 3.63) is 35.9 Å². The number of primary sulfonamides is 1. The van der Waals surface area contributed by atoms with Crippen LogP contribution >= 0.6 is 7.60 Å². The molecule has 0 saturated heterocycles. The van der Waals surface area contributed by atoms with Crippen LogP contribution in [0.5, 0.6) is 0 Å². The molecule has 0 aliphatic rings. The third kappa shape index (κ3) is 3.12. The van der Waals surface area contributed by atoms with E-state index in [-0.39, 0.29) is 5.56 Å². The zero-order valence-corrected chi connectivity index (χ0v) is 9.23. The maximum Gasteiger partial charge on any atom is 0.349 e. The summed E-state index contributed by atoms with van der Waals surface area (Å²) in [5.41, 5.74) is -0.0201. The Hall–Kier alpha value is -0.720. The first-order valence-corrected chi connectivity index (χ1v) is 7.14. The second kappa shape index (κ2) is 4.03. The van der Waals surface area contributed by atoms with Gasteiger partial charge >= 0.3 is 7.60 Å². The Balaban J connectivity index is 3.34. The molecule has 0 aliphatic carbocycles. The molecule has 0 amide bonds. The molecule has 1 aromatic rings. The average molecular weight is 251 g/mol. The van der Waals surface area contributed by atoms with Crippen molar-refractivity contribution in [3.63, 3.8) is 0 Å². The van der Waals surface area contributed by atoms with Crippen LogP contribution in [0.15, 0.2) is 30.3 Å². The maximum atomic E-state index is 11.1. The SMILES string of the molecule is NS(=O)(=O)C(c1ccccc1)P(=O)(O)O. The smallest absolute Gasteiger partial charge is 0.323 e. The summed E-state index contributed by atoms with van der Waals surface area (Å²) in [6.07, 6.45) is 0. The summed E-state index contributed by atoms with van der Waals surface area (Å²) in [5.74, 6) is 0. The molecule has 0 saturated carbocycles. The molecule has 0 heterocycles. The minimum Gasteiger partial charge on any atom is -0.323 e. The number of rotatable bonds is 3. The van der Waals surface area contributed by atoms with Crippen LogP contribution in [-0.4, -0.2) is 18.2 Å². The van der Waals surface area contributed by atoms with E-state index in [1.165, 1.54) is 24.3 Å². The van der Waals surface area contributed by atoms with Gasteiger partial charge in [0.15, 0.2) is 0 Å². The van der Waals surface area contributed by atoms with Gasteiger partial charge in [0, 0.05) is 0 Å². The zero-order chi connectivity index (χ0) is 11.7. The van der Waals surface area contributed by atoms with E-state index in [1.807, 2.05) is 0 Å². The summed E-state index contributed by atoms with van der Waals surface area (Å²) in [5, 5.41) is 4.78. The van der Waals surface area contributed by atoms with Crippen molar-refractivity contribution in [1.29, 1.82) is 0 Å². The molecule has 15 heavy (non-hydrogen) atoms. The lowest BCUT2D eigenvalue weighted by Crippen LogP contribution is -2.21. The largest absolute Gasteiger partial charge is 0.349 e. The third-order valence-electron chi connectivity index (χ3n) is 1.70. The van der Waals surface area contributed by atoms with Crippen molar-refractivity contribution < 1.29 is 22.8 Å². The van der Waals surface area contributed by atoms with Crippen LogP contribution in [-0.2, 0) is 14.6 Å². The molecule has 0 aromatic heterocycles. The van der Waals surface area contributed by atoms with Gasteiger partial charge in [-0.25, -0.2) is 13.6 Å². The van der Waals surface area contributed by atoms with Gasteiger partial charge in [0.2, 0.25) is 15.0 Å². The fourth-order valence-electron chi connectivity index (χ4n) is 1.19. The Morgan fingerprint density at radius 3 is 2.00 bits per heavy atom. The summed E-state index contributed by atoms with van der Waals surface area (Å²) < 4.78 is 33.1. The molecular formula is C7H10NO5PS. The van der Waals surface area contributed by atoms with Crippen molar-refractivity contribution in [3.8, 4) is 0 Å². The van der Waals surface area contributed by atoms with Crippen LogP contribution in [0.1, 0.15) is 10.6 Å². The van der Waals surface area contributed by atoms with Crippen LogP contribution in [0.4, 0.5) is 0 Å². The van der Waals surface area contributed by atoms with Gasteiger partial charge in [-0.2, -0.15) is 0 Å². The predicted molar refractivity (Wildman–Crippen MR) is 54.3 cm³/mol. The van der Waals surface area contributed by atoms with Crippen molar-refractivity contribution in [2.24, 2.45) is 5.14 Å². The number of hydrogen-bond donors (Lipinski definition) is 3. The Morgan fingerprint density at radius 1 is 1.20 bits per heavy atom. The summed E-state index contributed by atoms with van der Waals surface area (Å²) in [7, 11) is -9.17. The Bertz CT molecular complexity index is 479. The van der Waals surface area contributed by atoms with Gasteiger partial charge in [0.05, 0.1) is 0 Å². The van der Waals surface area contributed by atoms with E-state index in [2.05, 4.69) is 0 Å². The number of sulfonamides is 1. The molecule has 0 bridgehead atoms. The fraction of sp³-hybridized carbons (Fsp3) is 0.143. The molecular weight excluding hydrogens is 241 g/mol. The molecule has 84 valence electrons. The zero-order valence-electron chi connectivity index (χ0n) is 7.52. The topological polar surface area (TPSA) is 118 Å². The summed E-state index contributed by atoms with van der Waals surface area (Å²) >= 11 is 0. The van der Waals surface area contributed by atoms with Gasteiger partial charge in [-0.15, -0.1) is 0 Å². The van der Waals surface area contributed by atoms with Crippen LogP contribution < -0.4 is 5.14 Å². The molecule has 4 N–H and O–H groups in total.